The lowest BCUT2D eigenvalue weighted by Crippen LogP contribution is -2.19. The number of ether oxygens (including phenoxy) is 1. The first-order valence-corrected chi connectivity index (χ1v) is 8.74. The maximum Gasteiger partial charge on any atom is 0.256 e. The first-order valence-electron chi connectivity index (χ1n) is 8.74. The Balaban J connectivity index is 1.73. The van der Waals surface area contributed by atoms with E-state index in [4.69, 9.17) is 4.74 Å². The highest BCUT2D eigenvalue weighted by Crippen LogP contribution is 2.24. The van der Waals surface area contributed by atoms with Gasteiger partial charge in [0.2, 0.25) is 0 Å². The first kappa shape index (κ1) is 18.4. The normalized spacial score (nSPS) is 10.3. The van der Waals surface area contributed by atoms with E-state index >= 15 is 0 Å². The fourth-order valence-electron chi connectivity index (χ4n) is 2.74. The summed E-state index contributed by atoms with van der Waals surface area (Å²) < 4.78 is 5.10. The Hall–Kier alpha value is -3.41. The molecule has 1 heterocycles. The molecular weight excluding hydrogens is 340 g/mol. The number of carbonyl (C=O) groups excluding carboxylic acids is 1. The van der Waals surface area contributed by atoms with Gasteiger partial charge < -0.3 is 15.0 Å². The van der Waals surface area contributed by atoms with Crippen LogP contribution in [0, 0.1) is 6.92 Å². The van der Waals surface area contributed by atoms with Gasteiger partial charge in [-0.05, 0) is 67.9 Å². The zero-order valence-electron chi connectivity index (χ0n) is 15.6. The smallest absolute Gasteiger partial charge is 0.256 e. The Morgan fingerprint density at radius 1 is 1.07 bits per heavy atom. The molecule has 0 fully saturated rings. The van der Waals surface area contributed by atoms with Gasteiger partial charge in [0, 0.05) is 17.8 Å². The number of carbonyl (C=O) groups is 1. The number of hydrogen-bond donors (Lipinski definition) is 1. The van der Waals surface area contributed by atoms with Gasteiger partial charge in [-0.2, -0.15) is 0 Å². The molecule has 0 radical (unpaired) electrons. The van der Waals surface area contributed by atoms with Crippen molar-refractivity contribution in [3.05, 3.63) is 71.8 Å². The van der Waals surface area contributed by atoms with Crippen LogP contribution < -0.4 is 15.0 Å². The molecule has 0 spiro atoms. The van der Waals surface area contributed by atoms with Gasteiger partial charge >= 0.3 is 0 Å². The first-order chi connectivity index (χ1) is 13.1. The summed E-state index contributed by atoms with van der Waals surface area (Å²) in [6, 6.07) is 18.7. The monoisotopic (exact) mass is 362 g/mol. The molecule has 2 aromatic carbocycles. The molecule has 0 aliphatic rings. The second-order valence-corrected chi connectivity index (χ2v) is 6.04. The fourth-order valence-corrected chi connectivity index (χ4v) is 2.74. The van der Waals surface area contributed by atoms with Crippen LogP contribution in [-0.4, -0.2) is 29.8 Å². The minimum Gasteiger partial charge on any atom is -0.497 e. The van der Waals surface area contributed by atoms with Crippen molar-refractivity contribution in [3.63, 3.8) is 0 Å². The summed E-state index contributed by atoms with van der Waals surface area (Å²) in [5.74, 6) is 1.59. The van der Waals surface area contributed by atoms with Gasteiger partial charge in [-0.3, -0.25) is 4.79 Å². The number of aryl methyl sites for hydroxylation is 1. The molecule has 6 nitrogen and oxygen atoms in total. The molecule has 1 amide bonds. The van der Waals surface area contributed by atoms with Crippen molar-refractivity contribution in [3.8, 4) is 5.75 Å². The standard InChI is InChI=1S/C21H22N4O2/c1-4-25(17-7-5-6-15(2)14-17)20-13-12-19(23-24-20)22-21(26)16-8-10-18(27-3)11-9-16/h5-14H,4H2,1-3H3,(H,22,23,26). The number of nitrogens with zero attached hydrogens (tertiary/aromatic N) is 3. The van der Waals surface area contributed by atoms with Gasteiger partial charge in [0.05, 0.1) is 7.11 Å². The van der Waals surface area contributed by atoms with E-state index in [1.807, 2.05) is 18.2 Å². The van der Waals surface area contributed by atoms with E-state index in [2.05, 4.69) is 46.4 Å². The second-order valence-electron chi connectivity index (χ2n) is 6.04. The topological polar surface area (TPSA) is 67.4 Å². The molecule has 0 aliphatic carbocycles. The van der Waals surface area contributed by atoms with Crippen molar-refractivity contribution in [1.29, 1.82) is 0 Å². The molecule has 0 aliphatic heterocycles. The molecular formula is C21H22N4O2. The van der Waals surface area contributed by atoms with Crippen molar-refractivity contribution in [2.75, 3.05) is 23.9 Å². The summed E-state index contributed by atoms with van der Waals surface area (Å²) in [7, 11) is 1.59. The average molecular weight is 362 g/mol. The van der Waals surface area contributed by atoms with Crippen molar-refractivity contribution >= 4 is 23.2 Å². The lowest BCUT2D eigenvalue weighted by molar-refractivity contribution is 0.102. The Bertz CT molecular complexity index is 908. The highest BCUT2D eigenvalue weighted by atomic mass is 16.5. The molecule has 0 saturated carbocycles. The molecule has 0 unspecified atom stereocenters. The van der Waals surface area contributed by atoms with Gasteiger partial charge in [0.15, 0.2) is 11.6 Å². The van der Waals surface area contributed by atoms with E-state index in [-0.39, 0.29) is 5.91 Å². The third-order valence-electron chi connectivity index (χ3n) is 4.15. The maximum atomic E-state index is 12.3. The SMILES string of the molecule is CCN(c1cccc(C)c1)c1ccc(NC(=O)c2ccc(OC)cc2)nn1. The van der Waals surface area contributed by atoms with Crippen molar-refractivity contribution in [2.24, 2.45) is 0 Å². The largest absolute Gasteiger partial charge is 0.497 e. The van der Waals surface area contributed by atoms with E-state index in [9.17, 15) is 4.79 Å². The van der Waals surface area contributed by atoms with Crippen molar-refractivity contribution < 1.29 is 9.53 Å². The Morgan fingerprint density at radius 2 is 1.85 bits per heavy atom. The van der Waals surface area contributed by atoms with Crippen LogP contribution in [0.3, 0.4) is 0 Å². The maximum absolute atomic E-state index is 12.3. The second kappa shape index (κ2) is 8.31. The summed E-state index contributed by atoms with van der Waals surface area (Å²) in [6.45, 7) is 4.87. The molecule has 0 saturated heterocycles. The molecule has 6 heteroatoms. The van der Waals surface area contributed by atoms with Gasteiger partial charge in [-0.1, -0.05) is 12.1 Å². The number of methoxy groups -OCH3 is 1. The molecule has 138 valence electrons. The Morgan fingerprint density at radius 3 is 2.44 bits per heavy atom. The van der Waals surface area contributed by atoms with E-state index < -0.39 is 0 Å². The molecule has 1 aromatic heterocycles. The summed E-state index contributed by atoms with van der Waals surface area (Å²) >= 11 is 0. The van der Waals surface area contributed by atoms with Gasteiger partial charge in [-0.15, -0.1) is 10.2 Å². The zero-order valence-corrected chi connectivity index (χ0v) is 15.6. The number of nitrogens with one attached hydrogen (secondary N) is 1. The number of anilines is 3. The lowest BCUT2D eigenvalue weighted by atomic mass is 10.2. The molecule has 0 bridgehead atoms. The highest BCUT2D eigenvalue weighted by Gasteiger charge is 2.11. The Kier molecular flexibility index (Phi) is 5.66. The molecule has 27 heavy (non-hydrogen) atoms. The van der Waals surface area contributed by atoms with Gasteiger partial charge in [0.25, 0.3) is 5.91 Å². The molecule has 1 N–H and O–H groups in total. The van der Waals surface area contributed by atoms with Crippen LogP contribution in [-0.2, 0) is 0 Å². The number of rotatable bonds is 6. The summed E-state index contributed by atoms with van der Waals surface area (Å²) in [5, 5.41) is 11.2. The zero-order chi connectivity index (χ0) is 19.2. The van der Waals surface area contributed by atoms with Crippen LogP contribution in [0.1, 0.15) is 22.8 Å². The van der Waals surface area contributed by atoms with Crippen molar-refractivity contribution in [2.45, 2.75) is 13.8 Å². The third kappa shape index (κ3) is 4.41. The number of aromatic nitrogens is 2. The van der Waals surface area contributed by atoms with Crippen LogP contribution in [0.25, 0.3) is 0 Å². The van der Waals surface area contributed by atoms with Crippen LogP contribution in [0.5, 0.6) is 5.75 Å². The Labute approximate surface area is 158 Å². The lowest BCUT2D eigenvalue weighted by Gasteiger charge is -2.22. The molecule has 3 rings (SSSR count). The fraction of sp³-hybridized carbons (Fsp3) is 0.190. The molecule has 0 atom stereocenters. The van der Waals surface area contributed by atoms with Crippen LogP contribution in [0.15, 0.2) is 60.7 Å². The minimum atomic E-state index is -0.245. The van der Waals surface area contributed by atoms with Crippen LogP contribution in [0.4, 0.5) is 17.3 Å². The quantitative estimate of drug-likeness (QED) is 0.712. The highest BCUT2D eigenvalue weighted by molar-refractivity contribution is 6.03. The molecule has 3 aromatic rings. The van der Waals surface area contributed by atoms with E-state index in [1.54, 1.807) is 37.4 Å². The van der Waals surface area contributed by atoms with E-state index in [0.717, 1.165) is 18.1 Å². The number of amides is 1. The minimum absolute atomic E-state index is 0.245. The summed E-state index contributed by atoms with van der Waals surface area (Å²) in [6.07, 6.45) is 0. The van der Waals surface area contributed by atoms with Crippen molar-refractivity contribution in [1.82, 2.24) is 10.2 Å². The van der Waals surface area contributed by atoms with E-state index in [1.165, 1.54) is 5.56 Å². The number of benzene rings is 2. The predicted molar refractivity (Wildman–Crippen MR) is 107 cm³/mol. The summed E-state index contributed by atoms with van der Waals surface area (Å²) in [4.78, 5) is 14.4. The summed E-state index contributed by atoms with van der Waals surface area (Å²) in [5.41, 5.74) is 2.76. The van der Waals surface area contributed by atoms with Crippen LogP contribution >= 0.6 is 0 Å². The van der Waals surface area contributed by atoms with E-state index in [0.29, 0.717) is 17.1 Å². The van der Waals surface area contributed by atoms with Crippen LogP contribution in [0.2, 0.25) is 0 Å². The van der Waals surface area contributed by atoms with Gasteiger partial charge in [0.1, 0.15) is 5.75 Å². The van der Waals surface area contributed by atoms with Gasteiger partial charge in [-0.25, -0.2) is 0 Å². The average Bonchev–Trinajstić information content (AvgIpc) is 2.70. The number of hydrogen-bond acceptors (Lipinski definition) is 5. The predicted octanol–water partition coefficient (Wildman–Crippen LogP) is 4.20. The third-order valence-corrected chi connectivity index (χ3v) is 4.15.